The van der Waals surface area contributed by atoms with E-state index in [1.165, 1.54) is 14.1 Å². The van der Waals surface area contributed by atoms with E-state index in [1.54, 1.807) is 25.9 Å². The van der Waals surface area contributed by atoms with Crippen LogP contribution in [0, 0.1) is 5.21 Å². The number of rotatable bonds is 2. The molecule has 0 spiro atoms. The Balaban J connectivity index is 0. The average molecular weight is 178 g/mol. The van der Waals surface area contributed by atoms with Crippen molar-refractivity contribution in [2.24, 2.45) is 0 Å². The molecular formula is C7H18N2O3. The lowest BCUT2D eigenvalue weighted by Crippen LogP contribution is -3.00. The Bertz CT molecular complexity index is 123. The van der Waals surface area contributed by atoms with Crippen LogP contribution in [-0.2, 0) is 4.79 Å². The number of hydrogen-bond acceptors (Lipinski definition) is 3. The van der Waals surface area contributed by atoms with Gasteiger partial charge in [0, 0.05) is 0 Å². The van der Waals surface area contributed by atoms with Gasteiger partial charge in [-0.2, -0.15) is 0 Å². The molecule has 2 N–H and O–H groups in total. The smallest absolute Gasteiger partial charge is 0.320 e. The first-order valence-corrected chi connectivity index (χ1v) is 3.65. The van der Waals surface area contributed by atoms with E-state index in [2.05, 4.69) is 0 Å². The van der Waals surface area contributed by atoms with Crippen molar-refractivity contribution in [2.45, 2.75) is 13.0 Å². The Morgan fingerprint density at radius 2 is 1.75 bits per heavy atom. The summed E-state index contributed by atoms with van der Waals surface area (Å²) in [7, 11) is 6.53. The van der Waals surface area contributed by atoms with Gasteiger partial charge in [0.1, 0.15) is 6.04 Å². The third-order valence-corrected chi connectivity index (χ3v) is 1.13. The molecule has 5 heteroatoms. The molecule has 0 saturated heterocycles. The summed E-state index contributed by atoms with van der Waals surface area (Å²) in [6.45, 7) is 1.64. The maximum absolute atomic E-state index is 10.1. The molecule has 0 aliphatic heterocycles. The fourth-order valence-electron chi connectivity index (χ4n) is 0.221. The van der Waals surface area contributed by atoms with Gasteiger partial charge >= 0.3 is 5.97 Å². The van der Waals surface area contributed by atoms with Gasteiger partial charge in [-0.3, -0.25) is 9.69 Å². The molecule has 74 valence electrons. The summed E-state index contributed by atoms with van der Waals surface area (Å²) < 4.78 is 0. The molecule has 0 aromatic heterocycles. The first kappa shape index (κ1) is 13.9. The van der Waals surface area contributed by atoms with Gasteiger partial charge in [-0.25, -0.2) is 0 Å². The third kappa shape index (κ3) is 12.1. The number of hydrogen-bond donors (Lipinski definition) is 2. The van der Waals surface area contributed by atoms with Crippen LogP contribution >= 0.6 is 0 Å². The molecule has 0 saturated carbocycles. The molecule has 0 aliphatic rings. The molecule has 12 heavy (non-hydrogen) atoms. The Labute approximate surface area is 73.2 Å². The predicted molar refractivity (Wildman–Crippen MR) is 47.0 cm³/mol. The van der Waals surface area contributed by atoms with Crippen LogP contribution in [-0.4, -0.2) is 50.2 Å². The summed E-state index contributed by atoms with van der Waals surface area (Å²) in [4.78, 5) is 11.7. The largest absolute Gasteiger partial charge is 0.635 e. The van der Waals surface area contributed by atoms with Crippen LogP contribution in [0.2, 0.25) is 0 Å². The second kappa shape index (κ2) is 7.02. The molecule has 0 aliphatic carbocycles. The fourth-order valence-corrected chi connectivity index (χ4v) is 0.221. The van der Waals surface area contributed by atoms with E-state index in [1.807, 2.05) is 0 Å². The minimum absolute atomic E-state index is 0.167. The molecule has 1 atom stereocenters. The van der Waals surface area contributed by atoms with E-state index >= 15 is 0 Å². The van der Waals surface area contributed by atoms with Gasteiger partial charge in [-0.05, 0) is 21.0 Å². The maximum Gasteiger partial charge on any atom is 0.320 e. The van der Waals surface area contributed by atoms with Crippen LogP contribution in [0.3, 0.4) is 0 Å². The molecule has 0 rings (SSSR count). The number of quaternary nitrogens is 1. The number of aliphatic carboxylic acids is 1. The highest BCUT2D eigenvalue weighted by Gasteiger charge is 2.11. The van der Waals surface area contributed by atoms with E-state index in [0.29, 0.717) is 0 Å². The van der Waals surface area contributed by atoms with Crippen molar-refractivity contribution in [3.63, 3.8) is 0 Å². The summed E-state index contributed by atoms with van der Waals surface area (Å²) in [6.07, 6.45) is 0. The van der Waals surface area contributed by atoms with Crippen molar-refractivity contribution in [3.05, 3.63) is 5.21 Å². The lowest BCUT2D eigenvalue weighted by molar-refractivity contribution is -0.802. The quantitative estimate of drug-likeness (QED) is 0.513. The van der Waals surface area contributed by atoms with Crippen molar-refractivity contribution < 1.29 is 15.0 Å². The standard InChI is InChI=1S/C5H11NO2.C2H7NO/c1-4(5(7)8)6(2)3;1-3(2)4/h4H,1-3H3,(H,7,8);3H,1-2H3. The summed E-state index contributed by atoms with van der Waals surface area (Å²) in [6, 6.07) is -0.380. The fraction of sp³-hybridized carbons (Fsp3) is 0.857. The SMILES string of the molecule is CC(C(=O)O)N(C)C.C[NH+](C)[O-]. The summed E-state index contributed by atoms with van der Waals surface area (Å²) >= 11 is 0. The normalized spacial score (nSPS) is 12.3. The van der Waals surface area contributed by atoms with Gasteiger partial charge in [0.2, 0.25) is 0 Å². The average Bonchev–Trinajstić information content (AvgIpc) is 1.84. The lowest BCUT2D eigenvalue weighted by atomic mass is 10.3. The molecule has 0 bridgehead atoms. The van der Waals surface area contributed by atoms with Gasteiger partial charge in [0.05, 0.1) is 14.1 Å². The molecule has 0 amide bonds. The zero-order valence-electron chi connectivity index (χ0n) is 8.29. The van der Waals surface area contributed by atoms with Crippen LogP contribution in [0.4, 0.5) is 0 Å². The molecule has 0 fully saturated rings. The Hall–Kier alpha value is -0.650. The van der Waals surface area contributed by atoms with Gasteiger partial charge in [-0.15, -0.1) is 0 Å². The number of carboxylic acid groups (broad SMARTS) is 1. The summed E-state index contributed by atoms with van der Waals surface area (Å²) in [5.41, 5.74) is 0. The predicted octanol–water partition coefficient (Wildman–Crippen LogP) is -1.35. The lowest BCUT2D eigenvalue weighted by Gasteiger charge is -2.13. The van der Waals surface area contributed by atoms with Crippen LogP contribution in [0.15, 0.2) is 0 Å². The number of carboxylic acids is 1. The van der Waals surface area contributed by atoms with Gasteiger partial charge in [0.15, 0.2) is 0 Å². The molecule has 0 aromatic rings. The first-order valence-electron chi connectivity index (χ1n) is 3.65. The summed E-state index contributed by atoms with van der Waals surface area (Å²) in [5, 5.41) is 17.9. The Kier molecular flexibility index (Phi) is 8.14. The molecule has 0 heterocycles. The highest BCUT2D eigenvalue weighted by Crippen LogP contribution is 1.88. The minimum Gasteiger partial charge on any atom is -0.635 e. The molecule has 0 radical (unpaired) electrons. The van der Waals surface area contributed by atoms with Gasteiger partial charge < -0.3 is 15.4 Å². The molecule has 0 aromatic carbocycles. The minimum atomic E-state index is -0.782. The Morgan fingerprint density at radius 3 is 1.75 bits per heavy atom. The van der Waals surface area contributed by atoms with E-state index in [-0.39, 0.29) is 11.1 Å². The molecule has 5 nitrogen and oxygen atoms in total. The van der Waals surface area contributed by atoms with Crippen LogP contribution in [0.5, 0.6) is 0 Å². The highest BCUT2D eigenvalue weighted by molar-refractivity contribution is 5.72. The van der Waals surface area contributed by atoms with Gasteiger partial charge in [0.25, 0.3) is 0 Å². The topological polar surface area (TPSA) is 68.0 Å². The maximum atomic E-state index is 10.1. The highest BCUT2D eigenvalue weighted by atomic mass is 16.5. The van der Waals surface area contributed by atoms with Crippen molar-refractivity contribution in [1.82, 2.24) is 4.90 Å². The molecule has 1 unspecified atom stereocenters. The monoisotopic (exact) mass is 178 g/mol. The number of carbonyl (C=O) groups is 1. The van der Waals surface area contributed by atoms with Crippen molar-refractivity contribution >= 4 is 5.97 Å². The second-order valence-corrected chi connectivity index (χ2v) is 2.89. The van der Waals surface area contributed by atoms with E-state index in [0.717, 1.165) is 0 Å². The van der Waals surface area contributed by atoms with Crippen molar-refractivity contribution in [3.8, 4) is 0 Å². The van der Waals surface area contributed by atoms with Crippen LogP contribution < -0.4 is 5.06 Å². The number of likely N-dealkylation sites (N-methyl/N-ethyl adjacent to an activating group) is 1. The van der Waals surface area contributed by atoms with Gasteiger partial charge in [-0.1, -0.05) is 0 Å². The summed E-state index contributed by atoms with van der Waals surface area (Å²) in [5.74, 6) is -0.782. The zero-order valence-corrected chi connectivity index (χ0v) is 8.29. The second-order valence-electron chi connectivity index (χ2n) is 2.89. The molecular weight excluding hydrogens is 160 g/mol. The number of hydroxylamine groups is 2. The van der Waals surface area contributed by atoms with E-state index in [4.69, 9.17) is 5.11 Å². The van der Waals surface area contributed by atoms with Crippen LogP contribution in [0.1, 0.15) is 6.92 Å². The van der Waals surface area contributed by atoms with Crippen molar-refractivity contribution in [2.75, 3.05) is 28.2 Å². The number of nitrogens with one attached hydrogen (secondary N) is 1. The number of nitrogens with zero attached hydrogens (tertiary/aromatic N) is 1. The zero-order chi connectivity index (χ0) is 10.3. The first-order chi connectivity index (χ1) is 5.29. The van der Waals surface area contributed by atoms with E-state index in [9.17, 15) is 10.0 Å². The third-order valence-electron chi connectivity index (χ3n) is 1.13. The van der Waals surface area contributed by atoms with Crippen molar-refractivity contribution in [1.29, 1.82) is 0 Å². The van der Waals surface area contributed by atoms with E-state index < -0.39 is 5.97 Å². The Morgan fingerprint density at radius 1 is 1.50 bits per heavy atom. The van der Waals surface area contributed by atoms with Crippen LogP contribution in [0.25, 0.3) is 0 Å².